The average molecular weight is 271 g/mol. The van der Waals surface area contributed by atoms with Crippen molar-refractivity contribution in [3.8, 4) is 5.88 Å². The Bertz CT molecular complexity index is 530. The molecular formula is C11H17N3O3S. The smallest absolute Gasteiger partial charge is 0.238 e. The third-order valence-corrected chi connectivity index (χ3v) is 5.33. The summed E-state index contributed by atoms with van der Waals surface area (Å²) in [6, 6.07) is 3.39. The zero-order chi connectivity index (χ0) is 13.2. The van der Waals surface area contributed by atoms with Crippen molar-refractivity contribution in [3.05, 3.63) is 12.1 Å². The van der Waals surface area contributed by atoms with Gasteiger partial charge in [-0.1, -0.05) is 0 Å². The van der Waals surface area contributed by atoms with E-state index in [4.69, 9.17) is 10.5 Å². The van der Waals surface area contributed by atoms with Crippen molar-refractivity contribution in [2.75, 3.05) is 30.5 Å². The summed E-state index contributed by atoms with van der Waals surface area (Å²) in [6.45, 7) is 0.377. The number of pyridine rings is 1. The van der Waals surface area contributed by atoms with Gasteiger partial charge in [0.1, 0.15) is 5.82 Å². The molecular weight excluding hydrogens is 254 g/mol. The summed E-state index contributed by atoms with van der Waals surface area (Å²) in [7, 11) is -1.44. The topological polar surface area (TPSA) is 94.3 Å². The van der Waals surface area contributed by atoms with E-state index < -0.39 is 9.84 Å². The molecule has 1 aliphatic heterocycles. The first kappa shape index (κ1) is 12.9. The van der Waals surface area contributed by atoms with Crippen molar-refractivity contribution in [2.45, 2.75) is 18.1 Å². The number of nitrogens with one attached hydrogen (secondary N) is 1. The van der Waals surface area contributed by atoms with E-state index in [9.17, 15) is 8.42 Å². The monoisotopic (exact) mass is 271 g/mol. The zero-order valence-electron chi connectivity index (χ0n) is 10.2. The van der Waals surface area contributed by atoms with Crippen LogP contribution in [-0.2, 0) is 9.84 Å². The Morgan fingerprint density at radius 3 is 2.94 bits per heavy atom. The zero-order valence-corrected chi connectivity index (χ0v) is 11.0. The molecule has 1 unspecified atom stereocenters. The van der Waals surface area contributed by atoms with Crippen molar-refractivity contribution in [3.63, 3.8) is 0 Å². The molecule has 3 N–H and O–H groups in total. The molecule has 0 radical (unpaired) electrons. The first-order valence-corrected chi connectivity index (χ1v) is 7.50. The largest absolute Gasteiger partial charge is 0.479 e. The fourth-order valence-electron chi connectivity index (χ4n) is 2.02. The van der Waals surface area contributed by atoms with Gasteiger partial charge < -0.3 is 15.8 Å². The van der Waals surface area contributed by atoms with Crippen LogP contribution >= 0.6 is 0 Å². The van der Waals surface area contributed by atoms with E-state index in [1.165, 1.54) is 7.11 Å². The van der Waals surface area contributed by atoms with Gasteiger partial charge in [-0.25, -0.2) is 8.42 Å². The summed E-state index contributed by atoms with van der Waals surface area (Å²) < 4.78 is 28.3. The number of anilines is 2. The number of nitrogens with zero attached hydrogens (tertiary/aromatic N) is 1. The van der Waals surface area contributed by atoms with E-state index in [-0.39, 0.29) is 11.0 Å². The van der Waals surface area contributed by atoms with Gasteiger partial charge in [0.15, 0.2) is 9.84 Å². The first-order chi connectivity index (χ1) is 8.53. The van der Waals surface area contributed by atoms with Crippen LogP contribution in [0.3, 0.4) is 0 Å². The van der Waals surface area contributed by atoms with Gasteiger partial charge in [-0.05, 0) is 25.0 Å². The number of nitrogen functional groups attached to an aromatic ring is 1. The molecule has 0 aliphatic carbocycles. The Kier molecular flexibility index (Phi) is 3.60. The second-order valence-electron chi connectivity index (χ2n) is 4.31. The van der Waals surface area contributed by atoms with E-state index >= 15 is 0 Å². The van der Waals surface area contributed by atoms with Crippen molar-refractivity contribution in [1.82, 2.24) is 4.98 Å². The third kappa shape index (κ3) is 2.66. The molecule has 100 valence electrons. The molecule has 0 bridgehead atoms. The second-order valence-corrected chi connectivity index (χ2v) is 6.71. The summed E-state index contributed by atoms with van der Waals surface area (Å²) in [6.07, 6.45) is 1.45. The van der Waals surface area contributed by atoms with E-state index in [0.717, 1.165) is 6.42 Å². The van der Waals surface area contributed by atoms with Crippen molar-refractivity contribution in [2.24, 2.45) is 0 Å². The Morgan fingerprint density at radius 1 is 1.56 bits per heavy atom. The number of rotatable bonds is 4. The Balaban J connectivity index is 2.02. The molecule has 1 saturated heterocycles. The number of aromatic nitrogens is 1. The summed E-state index contributed by atoms with van der Waals surface area (Å²) in [4.78, 5) is 4.15. The summed E-state index contributed by atoms with van der Waals surface area (Å²) in [5.41, 5.74) is 6.11. The van der Waals surface area contributed by atoms with E-state index in [2.05, 4.69) is 10.3 Å². The van der Waals surface area contributed by atoms with Gasteiger partial charge >= 0.3 is 0 Å². The number of nitrogens with two attached hydrogens (primary N) is 1. The molecule has 1 aromatic heterocycles. The van der Waals surface area contributed by atoms with E-state index in [1.807, 2.05) is 0 Å². The van der Waals surface area contributed by atoms with Crippen LogP contribution in [0.25, 0.3) is 0 Å². The second kappa shape index (κ2) is 5.01. The lowest BCUT2D eigenvalue weighted by atomic mass is 10.2. The lowest BCUT2D eigenvalue weighted by Crippen LogP contribution is -2.25. The Labute approximate surface area is 106 Å². The quantitative estimate of drug-likeness (QED) is 0.835. The Hall–Kier alpha value is -1.50. The number of sulfone groups is 1. The van der Waals surface area contributed by atoms with Gasteiger partial charge in [-0.15, -0.1) is 0 Å². The molecule has 0 spiro atoms. The van der Waals surface area contributed by atoms with Crippen LogP contribution in [0, 0.1) is 0 Å². The van der Waals surface area contributed by atoms with Gasteiger partial charge in [0, 0.05) is 6.54 Å². The van der Waals surface area contributed by atoms with Crippen LogP contribution in [0.2, 0.25) is 0 Å². The number of hydrogen-bond acceptors (Lipinski definition) is 6. The molecule has 6 nitrogen and oxygen atoms in total. The Morgan fingerprint density at radius 2 is 2.33 bits per heavy atom. The normalized spacial score (nSPS) is 21.7. The van der Waals surface area contributed by atoms with Crippen LogP contribution in [-0.4, -0.2) is 38.1 Å². The molecule has 0 saturated carbocycles. The molecule has 2 rings (SSSR count). The predicted molar refractivity (Wildman–Crippen MR) is 70.5 cm³/mol. The minimum atomic E-state index is -2.93. The van der Waals surface area contributed by atoms with Crippen LogP contribution in [0.4, 0.5) is 11.5 Å². The highest BCUT2D eigenvalue weighted by Crippen LogP contribution is 2.22. The fourth-order valence-corrected chi connectivity index (χ4v) is 3.78. The molecule has 7 heteroatoms. The first-order valence-electron chi connectivity index (χ1n) is 5.79. The molecule has 1 fully saturated rings. The molecule has 1 aliphatic rings. The SMILES string of the molecule is COc1nc(NCC2CCCS2(=O)=O)ccc1N. The van der Waals surface area contributed by atoms with E-state index in [1.54, 1.807) is 12.1 Å². The van der Waals surface area contributed by atoms with Crippen molar-refractivity contribution < 1.29 is 13.2 Å². The van der Waals surface area contributed by atoms with Gasteiger partial charge in [0.2, 0.25) is 5.88 Å². The maximum absolute atomic E-state index is 11.7. The van der Waals surface area contributed by atoms with Gasteiger partial charge in [-0.3, -0.25) is 0 Å². The van der Waals surface area contributed by atoms with Crippen LogP contribution in [0.1, 0.15) is 12.8 Å². The minimum absolute atomic E-state index is 0.290. The lowest BCUT2D eigenvalue weighted by Gasteiger charge is -2.12. The molecule has 0 amide bonds. The fraction of sp³-hybridized carbons (Fsp3) is 0.545. The molecule has 2 heterocycles. The minimum Gasteiger partial charge on any atom is -0.479 e. The summed E-state index contributed by atoms with van der Waals surface area (Å²) in [5, 5.41) is 2.70. The average Bonchev–Trinajstić information content (AvgIpc) is 2.67. The highest BCUT2D eigenvalue weighted by molar-refractivity contribution is 7.92. The maximum atomic E-state index is 11.7. The summed E-state index contributed by atoms with van der Waals surface area (Å²) in [5.74, 6) is 1.20. The molecule has 1 atom stereocenters. The number of hydrogen-bond donors (Lipinski definition) is 2. The maximum Gasteiger partial charge on any atom is 0.238 e. The standard InChI is InChI=1S/C11H17N3O3S/c1-17-11-9(12)4-5-10(14-11)13-7-8-3-2-6-18(8,15)16/h4-5,8H,2-3,6-7,12H2,1H3,(H,13,14). The lowest BCUT2D eigenvalue weighted by molar-refractivity contribution is 0.401. The molecule has 18 heavy (non-hydrogen) atoms. The van der Waals surface area contributed by atoms with Gasteiger partial charge in [0.25, 0.3) is 0 Å². The summed E-state index contributed by atoms with van der Waals surface area (Å²) >= 11 is 0. The number of methoxy groups -OCH3 is 1. The van der Waals surface area contributed by atoms with Crippen LogP contribution in [0.5, 0.6) is 5.88 Å². The van der Waals surface area contributed by atoms with Crippen molar-refractivity contribution in [1.29, 1.82) is 0 Å². The predicted octanol–water partition coefficient (Wildman–Crippen LogP) is 0.662. The van der Waals surface area contributed by atoms with Crippen LogP contribution in [0.15, 0.2) is 12.1 Å². The number of ether oxygens (including phenoxy) is 1. The van der Waals surface area contributed by atoms with Gasteiger partial charge in [0.05, 0.1) is 23.8 Å². The molecule has 1 aromatic rings. The molecule has 0 aromatic carbocycles. The van der Waals surface area contributed by atoms with E-state index in [0.29, 0.717) is 30.4 Å². The highest BCUT2D eigenvalue weighted by atomic mass is 32.2. The third-order valence-electron chi connectivity index (χ3n) is 3.06. The highest BCUT2D eigenvalue weighted by Gasteiger charge is 2.30. The van der Waals surface area contributed by atoms with Crippen LogP contribution < -0.4 is 15.8 Å². The van der Waals surface area contributed by atoms with Gasteiger partial charge in [-0.2, -0.15) is 4.98 Å². The van der Waals surface area contributed by atoms with Crippen molar-refractivity contribution >= 4 is 21.3 Å².